The largest absolute Gasteiger partial charge is 0.311 e. The lowest BCUT2D eigenvalue weighted by molar-refractivity contribution is 0.590. The Morgan fingerprint density at radius 2 is 0.655 bits per heavy atom. The van der Waals surface area contributed by atoms with E-state index in [0.29, 0.717) is 0 Å². The molecule has 0 atom stereocenters. The van der Waals surface area contributed by atoms with Gasteiger partial charge in [0.25, 0.3) is 6.71 Å². The molecule has 87 heavy (non-hydrogen) atoms. The van der Waals surface area contributed by atoms with Gasteiger partial charge >= 0.3 is 0 Å². The summed E-state index contributed by atoms with van der Waals surface area (Å²) in [5.41, 5.74) is 28.1. The summed E-state index contributed by atoms with van der Waals surface area (Å²) in [6, 6.07) is 113. The summed E-state index contributed by atoms with van der Waals surface area (Å²) >= 11 is 0. The maximum Gasteiger partial charge on any atom is 0.252 e. The first-order chi connectivity index (χ1) is 42.8. The van der Waals surface area contributed by atoms with E-state index < -0.39 is 0 Å². The summed E-state index contributed by atoms with van der Waals surface area (Å²) in [6.07, 6.45) is 0. The molecule has 2 aromatic heterocycles. The van der Waals surface area contributed by atoms with E-state index in [1.54, 1.807) is 0 Å². The van der Waals surface area contributed by atoms with E-state index in [9.17, 15) is 0 Å². The van der Waals surface area contributed by atoms with Crippen molar-refractivity contribution in [2.45, 2.75) is 26.2 Å². The van der Waals surface area contributed by atoms with E-state index in [-0.39, 0.29) is 12.1 Å². The zero-order valence-corrected chi connectivity index (χ0v) is 48.7. The number of benzene rings is 13. The number of fused-ring (bicyclic) bond motifs is 10. The van der Waals surface area contributed by atoms with Crippen molar-refractivity contribution in [1.29, 1.82) is 0 Å². The molecule has 0 unspecified atom stereocenters. The van der Waals surface area contributed by atoms with Crippen molar-refractivity contribution in [1.82, 2.24) is 9.13 Å². The summed E-state index contributed by atoms with van der Waals surface area (Å²) < 4.78 is 4.93. The molecule has 0 spiro atoms. The molecule has 0 N–H and O–H groups in total. The quantitative estimate of drug-likeness (QED) is 0.141. The van der Waals surface area contributed by atoms with Gasteiger partial charge in [-0.05, 0) is 169 Å². The standard InChI is InChI=1S/C82H59BN4/c1-82(2,3)62-50-79-81-80(51-62)87(66-47-60(56-27-12-6-13-28-56)45-61(48-66)57-29-14-7-15-30-57)77-49-59(55-25-10-5-11-26-55)39-42-71(77)83(81)72-43-40-65(53-78(72)86(79)63-32-22-31-58(46-63)54-23-8-4-9-24-54)85-75-38-21-18-35-69(75)70-52-64(41-44-76(70)85)84-73-36-19-16-33-67(73)68-34-17-20-37-74(68)84/h4-53H,1-3H3. The van der Waals surface area contributed by atoms with Crippen molar-refractivity contribution >= 4 is 101 Å². The number of nitrogens with zero attached hydrogens (tertiary/aromatic N) is 4. The van der Waals surface area contributed by atoms with Crippen LogP contribution in [-0.4, -0.2) is 15.8 Å². The summed E-state index contributed by atoms with van der Waals surface area (Å²) in [5, 5.41) is 4.94. The summed E-state index contributed by atoms with van der Waals surface area (Å²) in [7, 11) is 0. The lowest BCUT2D eigenvalue weighted by Crippen LogP contribution is -2.61. The highest BCUT2D eigenvalue weighted by Crippen LogP contribution is 2.49. The van der Waals surface area contributed by atoms with Crippen molar-refractivity contribution in [2.24, 2.45) is 0 Å². The van der Waals surface area contributed by atoms with Gasteiger partial charge in [0.05, 0.1) is 22.1 Å². The second kappa shape index (κ2) is 19.9. The Bertz CT molecular complexity index is 5100. The van der Waals surface area contributed by atoms with Gasteiger partial charge in [0.2, 0.25) is 0 Å². The zero-order chi connectivity index (χ0) is 57.9. The minimum absolute atomic E-state index is 0.115. The molecule has 0 amide bonds. The number of hydrogen-bond acceptors (Lipinski definition) is 2. The van der Waals surface area contributed by atoms with Gasteiger partial charge < -0.3 is 18.9 Å². The van der Waals surface area contributed by atoms with Crippen LogP contribution < -0.4 is 26.2 Å². The van der Waals surface area contributed by atoms with Gasteiger partial charge in [0.15, 0.2) is 0 Å². The Morgan fingerprint density at radius 3 is 1.20 bits per heavy atom. The molecule has 0 bridgehead atoms. The Kier molecular flexibility index (Phi) is 11.6. The SMILES string of the molecule is CC(C)(C)c1cc2c3c(c1)N(c1cccc(-c4ccccc4)c1)c1cc(-n4c5ccccc5c5cc(-n6c7ccccc7c7ccccc76)ccc54)ccc1B3c1ccc(-c3ccccc3)cc1N2c1cc(-c2ccccc2)cc(-c2ccccc2)c1. The predicted octanol–water partition coefficient (Wildman–Crippen LogP) is 19.9. The average Bonchev–Trinajstić information content (AvgIpc) is 1.43. The van der Waals surface area contributed by atoms with Crippen molar-refractivity contribution in [3.63, 3.8) is 0 Å². The molecule has 0 saturated heterocycles. The molecule has 4 nitrogen and oxygen atoms in total. The molecule has 2 aliphatic heterocycles. The van der Waals surface area contributed by atoms with Crippen LogP contribution in [0.2, 0.25) is 0 Å². The van der Waals surface area contributed by atoms with Crippen LogP contribution in [0, 0.1) is 0 Å². The monoisotopic (exact) mass is 1110 g/mol. The van der Waals surface area contributed by atoms with Crippen LogP contribution >= 0.6 is 0 Å². The fourth-order valence-corrected chi connectivity index (χ4v) is 14.3. The third kappa shape index (κ3) is 8.22. The molecule has 0 aliphatic carbocycles. The van der Waals surface area contributed by atoms with E-state index >= 15 is 0 Å². The third-order valence-corrected chi connectivity index (χ3v) is 18.4. The molecule has 17 rings (SSSR count). The van der Waals surface area contributed by atoms with Crippen molar-refractivity contribution in [3.8, 4) is 55.9 Å². The lowest BCUT2D eigenvalue weighted by Gasteiger charge is -2.45. The molecule has 4 heterocycles. The van der Waals surface area contributed by atoms with Crippen molar-refractivity contribution < 1.29 is 0 Å². The Hall–Kier alpha value is -10.9. The van der Waals surface area contributed by atoms with E-state index in [1.165, 1.54) is 116 Å². The maximum absolute atomic E-state index is 2.61. The smallest absolute Gasteiger partial charge is 0.252 e. The molecule has 0 radical (unpaired) electrons. The van der Waals surface area contributed by atoms with Crippen LogP contribution in [-0.2, 0) is 5.41 Å². The second-order valence-corrected chi connectivity index (χ2v) is 24.5. The topological polar surface area (TPSA) is 16.3 Å². The van der Waals surface area contributed by atoms with Crippen LogP contribution in [0.25, 0.3) is 99.5 Å². The van der Waals surface area contributed by atoms with Crippen LogP contribution in [0.1, 0.15) is 26.3 Å². The summed E-state index contributed by atoms with van der Waals surface area (Å²) in [4.78, 5) is 5.20. The molecule has 5 heteroatoms. The molecule has 15 aromatic rings. The van der Waals surface area contributed by atoms with Crippen LogP contribution in [0.15, 0.2) is 303 Å². The Balaban J connectivity index is 0.941. The lowest BCUT2D eigenvalue weighted by atomic mass is 9.33. The highest BCUT2D eigenvalue weighted by Gasteiger charge is 2.45. The van der Waals surface area contributed by atoms with E-state index in [1.807, 2.05) is 0 Å². The van der Waals surface area contributed by atoms with Gasteiger partial charge in [-0.1, -0.05) is 227 Å². The van der Waals surface area contributed by atoms with Gasteiger partial charge in [-0.2, -0.15) is 0 Å². The van der Waals surface area contributed by atoms with E-state index in [0.717, 1.165) is 39.5 Å². The maximum atomic E-state index is 2.61. The highest BCUT2D eigenvalue weighted by molar-refractivity contribution is 7.00. The molecule has 2 aliphatic rings. The molecule has 0 saturated carbocycles. The predicted molar refractivity (Wildman–Crippen MR) is 370 cm³/mol. The number of aromatic nitrogens is 2. The average molecular weight is 1110 g/mol. The van der Waals surface area contributed by atoms with Crippen LogP contribution in [0.5, 0.6) is 0 Å². The minimum Gasteiger partial charge on any atom is -0.311 e. The first-order valence-electron chi connectivity index (χ1n) is 30.3. The summed E-state index contributed by atoms with van der Waals surface area (Å²) in [6.45, 7) is 6.97. The van der Waals surface area contributed by atoms with Crippen molar-refractivity contribution in [3.05, 3.63) is 309 Å². The van der Waals surface area contributed by atoms with Gasteiger partial charge in [0, 0.05) is 67.0 Å². The Morgan fingerprint density at radius 1 is 0.253 bits per heavy atom. The van der Waals surface area contributed by atoms with Gasteiger partial charge in [-0.3, -0.25) is 0 Å². The molecular weight excluding hydrogens is 1050 g/mol. The normalized spacial score (nSPS) is 12.7. The first-order valence-corrected chi connectivity index (χ1v) is 30.3. The fourth-order valence-electron chi connectivity index (χ4n) is 14.3. The number of rotatable bonds is 8. The molecule has 410 valence electrons. The van der Waals surface area contributed by atoms with Gasteiger partial charge in [-0.25, -0.2) is 0 Å². The third-order valence-electron chi connectivity index (χ3n) is 18.4. The zero-order valence-electron chi connectivity index (χ0n) is 48.7. The highest BCUT2D eigenvalue weighted by atomic mass is 15.2. The molecular formula is C82H59BN4. The number of anilines is 6. The molecule has 13 aromatic carbocycles. The second-order valence-electron chi connectivity index (χ2n) is 24.5. The van der Waals surface area contributed by atoms with Gasteiger partial charge in [0.1, 0.15) is 0 Å². The molecule has 0 fully saturated rings. The van der Waals surface area contributed by atoms with Crippen molar-refractivity contribution in [2.75, 3.05) is 9.80 Å². The number of para-hydroxylation sites is 3. The fraction of sp³-hybridized carbons (Fsp3) is 0.0488. The summed E-state index contributed by atoms with van der Waals surface area (Å²) in [5.74, 6) is 0. The Labute approximate surface area is 507 Å². The van der Waals surface area contributed by atoms with E-state index in [4.69, 9.17) is 0 Å². The van der Waals surface area contributed by atoms with E-state index in [2.05, 4.69) is 343 Å². The first kappa shape index (κ1) is 50.6. The minimum atomic E-state index is -0.222. The number of hydrogen-bond donors (Lipinski definition) is 0. The van der Waals surface area contributed by atoms with Crippen LogP contribution in [0.4, 0.5) is 34.1 Å². The van der Waals surface area contributed by atoms with Gasteiger partial charge in [-0.15, -0.1) is 0 Å². The van der Waals surface area contributed by atoms with Crippen LogP contribution in [0.3, 0.4) is 0 Å².